The van der Waals surface area contributed by atoms with Crippen LogP contribution in [-0.4, -0.2) is 42.9 Å². The fourth-order valence-corrected chi connectivity index (χ4v) is 4.25. The first-order chi connectivity index (χ1) is 6.34. The van der Waals surface area contributed by atoms with Crippen LogP contribution < -0.4 is 0 Å². The van der Waals surface area contributed by atoms with Crippen molar-refractivity contribution in [1.82, 2.24) is 4.90 Å². The third kappa shape index (κ3) is 4.33. The maximum atomic E-state index is 11.7. The zero-order valence-electron chi connectivity index (χ0n) is 8.42. The van der Waals surface area contributed by atoms with Crippen molar-refractivity contribution >= 4 is 24.9 Å². The predicted molar refractivity (Wildman–Crippen MR) is 56.3 cm³/mol. The van der Waals surface area contributed by atoms with E-state index in [0.29, 0.717) is 3.96 Å². The molecule has 0 N–H and O–H groups in total. The molecule has 0 aliphatic carbocycles. The molecule has 3 heteroatoms. The SMILES string of the molecule is CCCC[Te]C(=O)N1CCCCC1. The molecule has 76 valence electrons. The van der Waals surface area contributed by atoms with Gasteiger partial charge in [-0.3, -0.25) is 0 Å². The molecule has 1 rings (SSSR count). The van der Waals surface area contributed by atoms with E-state index < -0.39 is 0 Å². The molecule has 1 saturated heterocycles. The zero-order valence-corrected chi connectivity index (χ0v) is 10.8. The van der Waals surface area contributed by atoms with Gasteiger partial charge < -0.3 is 0 Å². The molecule has 0 unspecified atom stereocenters. The van der Waals surface area contributed by atoms with Gasteiger partial charge in [-0.05, 0) is 0 Å². The Bertz CT molecular complexity index is 155. The second-order valence-electron chi connectivity index (χ2n) is 3.52. The quantitative estimate of drug-likeness (QED) is 0.577. The molecule has 0 atom stereocenters. The molecule has 2 nitrogen and oxygen atoms in total. The van der Waals surface area contributed by atoms with Gasteiger partial charge in [0.1, 0.15) is 0 Å². The molecule has 1 amide bonds. The van der Waals surface area contributed by atoms with Crippen LogP contribution in [0, 0.1) is 0 Å². The summed E-state index contributed by atoms with van der Waals surface area (Å²) >= 11 is -0.356. The van der Waals surface area contributed by atoms with E-state index in [1.165, 1.54) is 36.6 Å². The van der Waals surface area contributed by atoms with Gasteiger partial charge in [-0.2, -0.15) is 0 Å². The van der Waals surface area contributed by atoms with Gasteiger partial charge in [-0.25, -0.2) is 0 Å². The summed E-state index contributed by atoms with van der Waals surface area (Å²) in [5, 5.41) is 0. The minimum absolute atomic E-state index is 0.356. The fraction of sp³-hybridized carbons (Fsp3) is 0.900. The van der Waals surface area contributed by atoms with E-state index in [-0.39, 0.29) is 20.9 Å². The second-order valence-corrected chi connectivity index (χ2v) is 6.50. The third-order valence-corrected chi connectivity index (χ3v) is 5.19. The average Bonchev–Trinajstić information content (AvgIpc) is 2.19. The van der Waals surface area contributed by atoms with Crippen LogP contribution in [0.1, 0.15) is 39.0 Å². The molecule has 0 spiro atoms. The molecule has 0 radical (unpaired) electrons. The summed E-state index contributed by atoms with van der Waals surface area (Å²) in [6.07, 6.45) is 6.26. The topological polar surface area (TPSA) is 20.3 Å². The van der Waals surface area contributed by atoms with Crippen molar-refractivity contribution in [3.05, 3.63) is 0 Å². The first-order valence-corrected chi connectivity index (χ1v) is 8.07. The second kappa shape index (κ2) is 6.67. The molecule has 1 fully saturated rings. The van der Waals surface area contributed by atoms with Gasteiger partial charge in [-0.15, -0.1) is 0 Å². The van der Waals surface area contributed by atoms with Crippen LogP contribution in [0.15, 0.2) is 0 Å². The van der Waals surface area contributed by atoms with E-state index in [1.54, 1.807) is 0 Å². The molecule has 0 saturated carbocycles. The van der Waals surface area contributed by atoms with Gasteiger partial charge in [-0.1, -0.05) is 0 Å². The summed E-state index contributed by atoms with van der Waals surface area (Å²) in [7, 11) is 0. The normalized spacial score (nSPS) is 17.5. The van der Waals surface area contributed by atoms with Crippen molar-refractivity contribution in [3.63, 3.8) is 0 Å². The van der Waals surface area contributed by atoms with Crippen LogP contribution in [0.2, 0.25) is 4.47 Å². The van der Waals surface area contributed by atoms with Crippen molar-refractivity contribution in [2.45, 2.75) is 43.5 Å². The third-order valence-electron chi connectivity index (χ3n) is 2.34. The molecule has 1 heterocycles. The van der Waals surface area contributed by atoms with E-state index in [2.05, 4.69) is 11.8 Å². The zero-order chi connectivity index (χ0) is 9.52. The van der Waals surface area contributed by atoms with E-state index >= 15 is 0 Å². The van der Waals surface area contributed by atoms with Crippen LogP contribution in [0.5, 0.6) is 0 Å². The van der Waals surface area contributed by atoms with Crippen LogP contribution >= 0.6 is 0 Å². The number of nitrogens with zero attached hydrogens (tertiary/aromatic N) is 1. The van der Waals surface area contributed by atoms with Crippen molar-refractivity contribution in [3.8, 4) is 0 Å². The maximum absolute atomic E-state index is 11.7. The van der Waals surface area contributed by atoms with Crippen molar-refractivity contribution in [2.24, 2.45) is 0 Å². The monoisotopic (exact) mass is 299 g/mol. The van der Waals surface area contributed by atoms with Gasteiger partial charge in [0.05, 0.1) is 0 Å². The Labute approximate surface area is 91.1 Å². The van der Waals surface area contributed by atoms with Gasteiger partial charge in [0, 0.05) is 0 Å². The number of carbonyl (C=O) groups is 1. The molecule has 1 aliphatic heterocycles. The van der Waals surface area contributed by atoms with Crippen LogP contribution in [0.3, 0.4) is 0 Å². The molecule has 1 aliphatic rings. The molecular weight excluding hydrogens is 278 g/mol. The predicted octanol–water partition coefficient (Wildman–Crippen LogP) is 2.51. The van der Waals surface area contributed by atoms with Gasteiger partial charge in [0.15, 0.2) is 0 Å². The fourth-order valence-electron chi connectivity index (χ4n) is 1.47. The van der Waals surface area contributed by atoms with E-state index in [4.69, 9.17) is 0 Å². The van der Waals surface area contributed by atoms with Gasteiger partial charge in [0.2, 0.25) is 0 Å². The number of piperidine rings is 1. The number of likely N-dealkylation sites (tertiary alicyclic amines) is 1. The standard InChI is InChI=1S/C10H19NOTe/c1-2-3-9-13-10(12)11-7-5-4-6-8-11/h2-9H2,1H3. The molecule has 0 aromatic heterocycles. The molecule has 0 aromatic carbocycles. The summed E-state index contributed by atoms with van der Waals surface area (Å²) < 4.78 is 1.72. The minimum atomic E-state index is -0.356. The number of hydrogen-bond acceptors (Lipinski definition) is 1. The number of carbonyl (C=O) groups excluding carboxylic acids is 1. The average molecular weight is 297 g/mol. The van der Waals surface area contributed by atoms with Gasteiger partial charge in [0.25, 0.3) is 0 Å². The van der Waals surface area contributed by atoms with Crippen LogP contribution in [0.4, 0.5) is 4.79 Å². The van der Waals surface area contributed by atoms with Crippen molar-refractivity contribution < 1.29 is 4.79 Å². The number of unbranched alkanes of at least 4 members (excludes halogenated alkanes) is 1. The molecule has 0 bridgehead atoms. The molecular formula is C10H19NOTe. The summed E-state index contributed by atoms with van der Waals surface area (Å²) in [6.45, 7) is 4.27. The Morgan fingerprint density at radius 2 is 2.00 bits per heavy atom. The first-order valence-electron chi connectivity index (χ1n) is 5.26. The van der Waals surface area contributed by atoms with Crippen molar-refractivity contribution in [2.75, 3.05) is 13.1 Å². The van der Waals surface area contributed by atoms with Gasteiger partial charge >= 0.3 is 91.2 Å². The summed E-state index contributed by atoms with van der Waals surface area (Å²) in [5.41, 5.74) is 0. The Morgan fingerprint density at radius 3 is 2.62 bits per heavy atom. The first kappa shape index (κ1) is 11.3. The Kier molecular flexibility index (Phi) is 5.82. The van der Waals surface area contributed by atoms with Crippen LogP contribution in [-0.2, 0) is 0 Å². The number of amides is 1. The summed E-state index contributed by atoms with van der Waals surface area (Å²) in [6, 6.07) is 0. The van der Waals surface area contributed by atoms with Crippen LogP contribution in [0.25, 0.3) is 0 Å². The number of hydrogen-bond donors (Lipinski definition) is 0. The Balaban J connectivity index is 2.13. The Morgan fingerprint density at radius 1 is 1.31 bits per heavy atom. The molecule has 13 heavy (non-hydrogen) atoms. The van der Waals surface area contributed by atoms with E-state index in [0.717, 1.165) is 13.1 Å². The summed E-state index contributed by atoms with van der Waals surface area (Å²) in [4.78, 5) is 13.8. The van der Waals surface area contributed by atoms with Crippen molar-refractivity contribution in [1.29, 1.82) is 0 Å². The molecule has 0 aromatic rings. The van der Waals surface area contributed by atoms with E-state index in [9.17, 15) is 4.79 Å². The summed E-state index contributed by atoms with van der Waals surface area (Å²) in [5.74, 6) is 0. The Hall–Kier alpha value is 0.260. The van der Waals surface area contributed by atoms with E-state index in [1.807, 2.05) is 0 Å². The number of rotatable bonds is 4.